The van der Waals surface area contributed by atoms with Crippen LogP contribution in [0.1, 0.15) is 56.1 Å². The maximum absolute atomic E-state index is 3.73. The van der Waals surface area contributed by atoms with Gasteiger partial charge in [-0.15, -0.1) is 0 Å². The lowest BCUT2D eigenvalue weighted by molar-refractivity contribution is 0.417. The summed E-state index contributed by atoms with van der Waals surface area (Å²) in [5, 5.41) is 0. The van der Waals surface area contributed by atoms with Crippen LogP contribution in [-0.2, 0) is 6.42 Å². The summed E-state index contributed by atoms with van der Waals surface area (Å²) in [6, 6.07) is 9.05. The highest BCUT2D eigenvalue weighted by Gasteiger charge is 2.21. The fourth-order valence-corrected chi connectivity index (χ4v) is 2.62. The third-order valence-electron chi connectivity index (χ3n) is 3.77. The quantitative estimate of drug-likeness (QED) is 0.662. The standard InChI is InChI=1S/C15H21Br/c1-2-14(16)11-10-13-6-3-4-9-15(13)12-7-5-8-12/h3-4,6,9,12,14H,2,5,7-8,10-11H2,1H3. The summed E-state index contributed by atoms with van der Waals surface area (Å²) in [6.45, 7) is 2.25. The predicted octanol–water partition coefficient (Wildman–Crippen LogP) is 5.06. The van der Waals surface area contributed by atoms with Crippen molar-refractivity contribution < 1.29 is 0 Å². The highest BCUT2D eigenvalue weighted by molar-refractivity contribution is 9.09. The molecular formula is C15H21Br. The van der Waals surface area contributed by atoms with Gasteiger partial charge in [0.25, 0.3) is 0 Å². The van der Waals surface area contributed by atoms with Gasteiger partial charge in [-0.3, -0.25) is 0 Å². The minimum absolute atomic E-state index is 0.682. The number of alkyl halides is 1. The normalized spacial score (nSPS) is 18.1. The second kappa shape index (κ2) is 5.86. The lowest BCUT2D eigenvalue weighted by Crippen LogP contribution is -2.11. The van der Waals surface area contributed by atoms with Gasteiger partial charge in [0.15, 0.2) is 0 Å². The molecule has 1 aromatic carbocycles. The second-order valence-corrected chi connectivity index (χ2v) is 6.17. The van der Waals surface area contributed by atoms with Gasteiger partial charge in [-0.05, 0) is 49.1 Å². The highest BCUT2D eigenvalue weighted by Crippen LogP contribution is 2.38. The van der Waals surface area contributed by atoms with Crippen molar-refractivity contribution in [2.45, 2.75) is 56.2 Å². The summed E-state index contributed by atoms with van der Waals surface area (Å²) in [5.74, 6) is 0.867. The fraction of sp³-hybridized carbons (Fsp3) is 0.600. The molecule has 1 aromatic rings. The maximum Gasteiger partial charge on any atom is 0.0146 e. The van der Waals surface area contributed by atoms with Gasteiger partial charge in [0, 0.05) is 4.83 Å². The molecule has 88 valence electrons. The van der Waals surface area contributed by atoms with Gasteiger partial charge in [0.1, 0.15) is 0 Å². The number of hydrogen-bond donors (Lipinski definition) is 0. The summed E-state index contributed by atoms with van der Waals surface area (Å²) < 4.78 is 0. The van der Waals surface area contributed by atoms with Crippen LogP contribution in [-0.4, -0.2) is 4.83 Å². The highest BCUT2D eigenvalue weighted by atomic mass is 79.9. The Morgan fingerprint density at radius 3 is 2.69 bits per heavy atom. The first-order valence-electron chi connectivity index (χ1n) is 6.53. The van der Waals surface area contributed by atoms with Crippen LogP contribution in [0, 0.1) is 0 Å². The van der Waals surface area contributed by atoms with Crippen LogP contribution in [0.3, 0.4) is 0 Å². The molecule has 2 rings (SSSR count). The third kappa shape index (κ3) is 2.88. The molecular weight excluding hydrogens is 260 g/mol. The first-order valence-corrected chi connectivity index (χ1v) is 7.44. The van der Waals surface area contributed by atoms with Crippen LogP contribution in [0.5, 0.6) is 0 Å². The van der Waals surface area contributed by atoms with Crippen molar-refractivity contribution in [3.63, 3.8) is 0 Å². The lowest BCUT2D eigenvalue weighted by Gasteiger charge is -2.28. The number of hydrogen-bond acceptors (Lipinski definition) is 0. The molecule has 0 bridgehead atoms. The molecule has 1 saturated carbocycles. The van der Waals surface area contributed by atoms with Crippen molar-refractivity contribution in [3.05, 3.63) is 35.4 Å². The Labute approximate surface area is 108 Å². The van der Waals surface area contributed by atoms with Crippen LogP contribution < -0.4 is 0 Å². The first-order chi connectivity index (χ1) is 7.81. The van der Waals surface area contributed by atoms with Crippen molar-refractivity contribution in [2.24, 2.45) is 0 Å². The molecule has 0 nitrogen and oxygen atoms in total. The Hall–Kier alpha value is -0.300. The molecule has 1 heteroatoms. The van der Waals surface area contributed by atoms with E-state index in [-0.39, 0.29) is 0 Å². The molecule has 0 spiro atoms. The van der Waals surface area contributed by atoms with E-state index < -0.39 is 0 Å². The van der Waals surface area contributed by atoms with E-state index in [0.717, 1.165) is 5.92 Å². The zero-order valence-corrected chi connectivity index (χ0v) is 11.7. The Morgan fingerprint density at radius 1 is 1.31 bits per heavy atom. The van der Waals surface area contributed by atoms with E-state index in [9.17, 15) is 0 Å². The van der Waals surface area contributed by atoms with Crippen molar-refractivity contribution in [1.29, 1.82) is 0 Å². The predicted molar refractivity (Wildman–Crippen MR) is 74.4 cm³/mol. The van der Waals surface area contributed by atoms with E-state index in [4.69, 9.17) is 0 Å². The summed E-state index contributed by atoms with van der Waals surface area (Å²) in [5.41, 5.74) is 3.22. The molecule has 1 aliphatic carbocycles. The maximum atomic E-state index is 3.73. The molecule has 0 aliphatic heterocycles. The molecule has 0 radical (unpaired) electrons. The van der Waals surface area contributed by atoms with Crippen molar-refractivity contribution in [1.82, 2.24) is 0 Å². The number of benzene rings is 1. The van der Waals surface area contributed by atoms with E-state index in [1.807, 2.05) is 0 Å². The van der Waals surface area contributed by atoms with E-state index in [0.29, 0.717) is 4.83 Å². The number of rotatable bonds is 5. The van der Waals surface area contributed by atoms with Crippen LogP contribution in [0.15, 0.2) is 24.3 Å². The van der Waals surface area contributed by atoms with Gasteiger partial charge in [-0.25, -0.2) is 0 Å². The number of halogens is 1. The van der Waals surface area contributed by atoms with Gasteiger partial charge in [0.05, 0.1) is 0 Å². The Balaban J connectivity index is 2.01. The molecule has 0 aromatic heterocycles. The lowest BCUT2D eigenvalue weighted by atomic mass is 9.77. The summed E-state index contributed by atoms with van der Waals surface area (Å²) in [7, 11) is 0. The SMILES string of the molecule is CCC(Br)CCc1ccccc1C1CCC1. The average Bonchev–Trinajstić information content (AvgIpc) is 2.25. The van der Waals surface area contributed by atoms with Crippen molar-refractivity contribution in [2.75, 3.05) is 0 Å². The summed E-state index contributed by atoms with van der Waals surface area (Å²) in [4.78, 5) is 0.682. The minimum Gasteiger partial charge on any atom is -0.0891 e. The molecule has 0 heterocycles. The Morgan fingerprint density at radius 2 is 2.06 bits per heavy atom. The van der Waals surface area contributed by atoms with E-state index in [2.05, 4.69) is 47.1 Å². The minimum atomic E-state index is 0.682. The van der Waals surface area contributed by atoms with Crippen molar-refractivity contribution in [3.8, 4) is 0 Å². The third-order valence-corrected chi connectivity index (χ3v) is 4.88. The largest absolute Gasteiger partial charge is 0.0891 e. The summed E-state index contributed by atoms with van der Waals surface area (Å²) >= 11 is 3.73. The van der Waals surface area contributed by atoms with Crippen LogP contribution in [0.25, 0.3) is 0 Å². The topological polar surface area (TPSA) is 0 Å². The van der Waals surface area contributed by atoms with Gasteiger partial charge in [0.2, 0.25) is 0 Å². The van der Waals surface area contributed by atoms with Gasteiger partial charge in [-0.2, -0.15) is 0 Å². The Kier molecular flexibility index (Phi) is 4.45. The van der Waals surface area contributed by atoms with E-state index >= 15 is 0 Å². The van der Waals surface area contributed by atoms with Gasteiger partial charge < -0.3 is 0 Å². The molecule has 0 saturated heterocycles. The fourth-order valence-electron chi connectivity index (χ4n) is 2.40. The monoisotopic (exact) mass is 280 g/mol. The molecule has 1 aliphatic rings. The smallest absolute Gasteiger partial charge is 0.0146 e. The molecule has 0 amide bonds. The molecule has 1 atom stereocenters. The van der Waals surface area contributed by atoms with E-state index in [1.165, 1.54) is 38.5 Å². The van der Waals surface area contributed by atoms with Crippen LogP contribution >= 0.6 is 15.9 Å². The van der Waals surface area contributed by atoms with Crippen LogP contribution in [0.2, 0.25) is 0 Å². The zero-order valence-electron chi connectivity index (χ0n) is 10.1. The van der Waals surface area contributed by atoms with Gasteiger partial charge >= 0.3 is 0 Å². The molecule has 1 fully saturated rings. The van der Waals surface area contributed by atoms with Crippen molar-refractivity contribution >= 4 is 15.9 Å². The van der Waals surface area contributed by atoms with Crippen LogP contribution in [0.4, 0.5) is 0 Å². The number of aryl methyl sites for hydroxylation is 1. The summed E-state index contributed by atoms with van der Waals surface area (Å²) in [6.07, 6.45) is 7.96. The second-order valence-electron chi connectivity index (χ2n) is 4.87. The van der Waals surface area contributed by atoms with Gasteiger partial charge in [-0.1, -0.05) is 53.5 Å². The average molecular weight is 281 g/mol. The Bertz CT molecular complexity index is 328. The molecule has 1 unspecified atom stereocenters. The molecule has 0 N–H and O–H groups in total. The molecule has 16 heavy (non-hydrogen) atoms. The first kappa shape index (κ1) is 12.2. The van der Waals surface area contributed by atoms with E-state index in [1.54, 1.807) is 11.1 Å². The zero-order chi connectivity index (χ0) is 11.4.